The van der Waals surface area contributed by atoms with Crippen molar-refractivity contribution in [3.63, 3.8) is 0 Å². The number of hydrogen-bond acceptors (Lipinski definition) is 5. The van der Waals surface area contributed by atoms with E-state index < -0.39 is 0 Å². The highest BCUT2D eigenvalue weighted by atomic mass is 16.2. The van der Waals surface area contributed by atoms with Gasteiger partial charge in [-0.1, -0.05) is 12.1 Å². The predicted octanol–water partition coefficient (Wildman–Crippen LogP) is 3.42. The van der Waals surface area contributed by atoms with Crippen molar-refractivity contribution in [3.8, 4) is 0 Å². The largest absolute Gasteiger partial charge is 0.378 e. The van der Waals surface area contributed by atoms with Crippen LogP contribution in [0.25, 0.3) is 0 Å². The molecule has 1 aliphatic rings. The lowest BCUT2D eigenvalue weighted by atomic mass is 9.89. The molecule has 2 amide bonds. The number of hydrogen-bond donors (Lipinski definition) is 1. The summed E-state index contributed by atoms with van der Waals surface area (Å²) in [6.07, 6.45) is 8.31. The molecule has 3 heterocycles. The van der Waals surface area contributed by atoms with Crippen molar-refractivity contribution in [2.24, 2.45) is 0 Å². The molecule has 0 atom stereocenters. The van der Waals surface area contributed by atoms with E-state index in [1.165, 1.54) is 0 Å². The number of imidazole rings is 1. The van der Waals surface area contributed by atoms with Crippen molar-refractivity contribution < 1.29 is 9.59 Å². The maximum absolute atomic E-state index is 13.0. The summed E-state index contributed by atoms with van der Waals surface area (Å²) in [6, 6.07) is 11.9. The molecule has 0 unspecified atom stereocenters. The summed E-state index contributed by atoms with van der Waals surface area (Å²) in [5.74, 6) is 0.238. The smallest absolute Gasteiger partial charge is 0.253 e. The Morgan fingerprint density at radius 2 is 1.83 bits per heavy atom. The third kappa shape index (κ3) is 6.50. The molecule has 1 saturated heterocycles. The number of carbonyl (C=O) groups is 2. The second-order valence-electron chi connectivity index (χ2n) is 9.69. The molecule has 8 heteroatoms. The first-order valence-corrected chi connectivity index (χ1v) is 12.7. The summed E-state index contributed by atoms with van der Waals surface area (Å²) in [5.41, 5.74) is 4.56. The number of likely N-dealkylation sites (tertiary alicyclic amines) is 1. The number of nitrogens with zero attached hydrogens (tertiary/aromatic N) is 5. The molecule has 0 spiro atoms. The van der Waals surface area contributed by atoms with Crippen LogP contribution in [0.1, 0.15) is 52.5 Å². The van der Waals surface area contributed by atoms with Crippen molar-refractivity contribution in [2.75, 3.05) is 38.6 Å². The van der Waals surface area contributed by atoms with Crippen LogP contribution in [-0.4, -0.2) is 65.0 Å². The highest BCUT2D eigenvalue weighted by molar-refractivity contribution is 5.95. The van der Waals surface area contributed by atoms with E-state index in [2.05, 4.69) is 10.3 Å². The molecule has 0 bridgehead atoms. The Labute approximate surface area is 213 Å². The molecule has 1 N–H and O–H groups in total. The van der Waals surface area contributed by atoms with E-state index in [4.69, 9.17) is 4.98 Å². The molecule has 3 aromatic rings. The SMILES string of the molecule is Cc1ccc(C(=O)NCCCn2ccnc2)c(C2CCN(C(=O)Cc3ccc(N(C)C)cc3)CC2)n1. The number of benzene rings is 1. The number of pyridine rings is 1. The Morgan fingerprint density at radius 1 is 1.08 bits per heavy atom. The topological polar surface area (TPSA) is 83.4 Å². The average molecular weight is 489 g/mol. The van der Waals surface area contributed by atoms with Gasteiger partial charge >= 0.3 is 0 Å². The number of rotatable bonds is 9. The number of aromatic nitrogens is 3. The number of carbonyl (C=O) groups excluding carboxylic acids is 2. The van der Waals surface area contributed by atoms with E-state index in [9.17, 15) is 9.59 Å². The molecule has 0 radical (unpaired) electrons. The molecule has 0 aliphatic carbocycles. The van der Waals surface area contributed by atoms with Gasteiger partial charge in [0, 0.05) is 70.0 Å². The van der Waals surface area contributed by atoms with E-state index in [0.29, 0.717) is 31.6 Å². The highest BCUT2D eigenvalue weighted by Gasteiger charge is 2.28. The monoisotopic (exact) mass is 488 g/mol. The average Bonchev–Trinajstić information content (AvgIpc) is 3.40. The number of aryl methyl sites for hydroxylation is 2. The third-order valence-corrected chi connectivity index (χ3v) is 6.79. The van der Waals surface area contributed by atoms with Crippen LogP contribution in [-0.2, 0) is 17.8 Å². The first-order chi connectivity index (χ1) is 17.4. The molecular formula is C28H36N6O2. The molecule has 4 rings (SSSR count). The molecular weight excluding hydrogens is 452 g/mol. The Bertz CT molecular complexity index is 1150. The van der Waals surface area contributed by atoms with Gasteiger partial charge in [0.15, 0.2) is 0 Å². The lowest BCUT2D eigenvalue weighted by molar-refractivity contribution is -0.131. The fourth-order valence-electron chi connectivity index (χ4n) is 4.66. The molecule has 0 saturated carbocycles. The summed E-state index contributed by atoms with van der Waals surface area (Å²) in [7, 11) is 4.01. The van der Waals surface area contributed by atoms with E-state index in [0.717, 1.165) is 48.4 Å². The van der Waals surface area contributed by atoms with E-state index in [-0.39, 0.29) is 17.7 Å². The minimum Gasteiger partial charge on any atom is -0.378 e. The third-order valence-electron chi connectivity index (χ3n) is 6.79. The van der Waals surface area contributed by atoms with Gasteiger partial charge in [0.25, 0.3) is 5.91 Å². The van der Waals surface area contributed by atoms with Crippen LogP contribution in [0, 0.1) is 6.92 Å². The van der Waals surface area contributed by atoms with Gasteiger partial charge in [-0.3, -0.25) is 14.6 Å². The van der Waals surface area contributed by atoms with E-state index in [1.807, 2.05) is 78.0 Å². The van der Waals surface area contributed by atoms with Crippen LogP contribution in [0.2, 0.25) is 0 Å². The molecule has 8 nitrogen and oxygen atoms in total. The van der Waals surface area contributed by atoms with Crippen molar-refractivity contribution in [1.82, 2.24) is 24.8 Å². The van der Waals surface area contributed by atoms with Crippen LogP contribution in [0.5, 0.6) is 0 Å². The Morgan fingerprint density at radius 3 is 2.50 bits per heavy atom. The zero-order valence-corrected chi connectivity index (χ0v) is 21.5. The summed E-state index contributed by atoms with van der Waals surface area (Å²) >= 11 is 0. The second kappa shape index (κ2) is 11.8. The van der Waals surface area contributed by atoms with Crippen LogP contribution in [0.15, 0.2) is 55.1 Å². The Balaban J connectivity index is 1.31. The first-order valence-electron chi connectivity index (χ1n) is 12.7. The standard InChI is InChI=1S/C28H36N6O2/c1-21-5-10-25(28(36)30-13-4-15-33-18-14-29-20-33)27(31-21)23-11-16-34(17-12-23)26(35)19-22-6-8-24(9-7-22)32(2)3/h5-10,14,18,20,23H,4,11-13,15-17,19H2,1-3H3,(H,30,36). The number of anilines is 1. The molecule has 36 heavy (non-hydrogen) atoms. The normalized spacial score (nSPS) is 14.0. The van der Waals surface area contributed by atoms with E-state index in [1.54, 1.807) is 12.5 Å². The maximum Gasteiger partial charge on any atom is 0.253 e. The van der Waals surface area contributed by atoms with E-state index >= 15 is 0 Å². The van der Waals surface area contributed by atoms with Gasteiger partial charge < -0.3 is 19.7 Å². The van der Waals surface area contributed by atoms with Gasteiger partial charge in [-0.05, 0) is 56.0 Å². The summed E-state index contributed by atoms with van der Waals surface area (Å²) in [4.78, 5) is 38.7. The quantitative estimate of drug-likeness (QED) is 0.467. The molecule has 1 aliphatic heterocycles. The predicted molar refractivity (Wildman–Crippen MR) is 141 cm³/mol. The number of amides is 2. The Hall–Kier alpha value is -3.68. The van der Waals surface area contributed by atoms with Crippen LogP contribution in [0.3, 0.4) is 0 Å². The zero-order chi connectivity index (χ0) is 25.5. The molecule has 1 aromatic carbocycles. The lowest BCUT2D eigenvalue weighted by Crippen LogP contribution is -2.39. The minimum atomic E-state index is -0.0807. The van der Waals surface area contributed by atoms with Crippen LogP contribution < -0.4 is 10.2 Å². The maximum atomic E-state index is 13.0. The summed E-state index contributed by atoms with van der Waals surface area (Å²) in [6.45, 7) is 4.72. The second-order valence-corrected chi connectivity index (χ2v) is 9.69. The Kier molecular flexibility index (Phi) is 8.36. The van der Waals surface area contributed by atoms with Crippen LogP contribution in [0.4, 0.5) is 5.69 Å². The van der Waals surface area contributed by atoms with Gasteiger partial charge in [0.2, 0.25) is 5.91 Å². The highest BCUT2D eigenvalue weighted by Crippen LogP contribution is 2.30. The van der Waals surface area contributed by atoms with Crippen molar-refractivity contribution in [3.05, 3.63) is 77.6 Å². The van der Waals surface area contributed by atoms with Gasteiger partial charge in [0.05, 0.1) is 24.0 Å². The lowest BCUT2D eigenvalue weighted by Gasteiger charge is -2.32. The van der Waals surface area contributed by atoms with Crippen molar-refractivity contribution in [2.45, 2.75) is 45.1 Å². The van der Waals surface area contributed by atoms with Gasteiger partial charge in [-0.25, -0.2) is 4.98 Å². The van der Waals surface area contributed by atoms with Crippen LogP contribution >= 0.6 is 0 Å². The summed E-state index contributed by atoms with van der Waals surface area (Å²) < 4.78 is 2.00. The number of piperidine rings is 1. The molecule has 1 fully saturated rings. The van der Waals surface area contributed by atoms with Gasteiger partial charge in [0.1, 0.15) is 0 Å². The molecule has 190 valence electrons. The first kappa shape index (κ1) is 25.4. The molecule has 2 aromatic heterocycles. The summed E-state index contributed by atoms with van der Waals surface area (Å²) in [5, 5.41) is 3.05. The van der Waals surface area contributed by atoms with Gasteiger partial charge in [-0.15, -0.1) is 0 Å². The van der Waals surface area contributed by atoms with Crippen molar-refractivity contribution >= 4 is 17.5 Å². The minimum absolute atomic E-state index is 0.0807. The van der Waals surface area contributed by atoms with Crippen molar-refractivity contribution in [1.29, 1.82) is 0 Å². The number of nitrogens with one attached hydrogen (secondary N) is 1. The van der Waals surface area contributed by atoms with Gasteiger partial charge in [-0.2, -0.15) is 0 Å². The fourth-order valence-corrected chi connectivity index (χ4v) is 4.66. The fraction of sp³-hybridized carbons (Fsp3) is 0.429. The zero-order valence-electron chi connectivity index (χ0n) is 21.5.